The summed E-state index contributed by atoms with van der Waals surface area (Å²) in [6, 6.07) is 3.00. The molecule has 8 nitrogen and oxygen atoms in total. The molecule has 1 aliphatic rings. The van der Waals surface area contributed by atoms with Gasteiger partial charge >= 0.3 is 5.97 Å². The number of amides is 1. The summed E-state index contributed by atoms with van der Waals surface area (Å²) in [7, 11) is -4.13. The van der Waals surface area contributed by atoms with E-state index in [9.17, 15) is 22.4 Å². The van der Waals surface area contributed by atoms with Crippen molar-refractivity contribution in [3.63, 3.8) is 0 Å². The van der Waals surface area contributed by atoms with Gasteiger partial charge in [-0.25, -0.2) is 17.6 Å². The number of sulfonamides is 1. The predicted octanol–water partition coefficient (Wildman–Crippen LogP) is 2.14. The van der Waals surface area contributed by atoms with Crippen molar-refractivity contribution in [2.45, 2.75) is 32.6 Å². The van der Waals surface area contributed by atoms with Crippen LogP contribution in [-0.2, 0) is 24.3 Å². The summed E-state index contributed by atoms with van der Waals surface area (Å²) in [5.41, 5.74) is -0.139. The molecular weight excluding hydrogens is 427 g/mol. The number of halogens is 1. The van der Waals surface area contributed by atoms with Crippen molar-refractivity contribution in [2.75, 3.05) is 46.0 Å². The molecular formula is C21H31FN2O6S. The van der Waals surface area contributed by atoms with E-state index in [1.54, 1.807) is 4.90 Å². The van der Waals surface area contributed by atoms with Crippen molar-refractivity contribution in [1.29, 1.82) is 0 Å². The highest BCUT2D eigenvalue weighted by molar-refractivity contribution is 7.89. The van der Waals surface area contributed by atoms with E-state index in [1.807, 2.05) is 27.7 Å². The maximum absolute atomic E-state index is 14.3. The minimum absolute atomic E-state index is 0.104. The van der Waals surface area contributed by atoms with Gasteiger partial charge in [-0.05, 0) is 30.0 Å². The van der Waals surface area contributed by atoms with Crippen molar-refractivity contribution in [3.05, 3.63) is 29.6 Å². The second-order valence-corrected chi connectivity index (χ2v) is 10.2. The van der Waals surface area contributed by atoms with Crippen LogP contribution in [0.1, 0.15) is 38.1 Å². The summed E-state index contributed by atoms with van der Waals surface area (Å²) in [4.78, 5) is 26.0. The summed E-state index contributed by atoms with van der Waals surface area (Å²) in [5, 5.41) is 0. The maximum Gasteiger partial charge on any atom is 0.338 e. The van der Waals surface area contributed by atoms with Crippen LogP contribution in [0.15, 0.2) is 23.1 Å². The van der Waals surface area contributed by atoms with Crippen LogP contribution in [0.2, 0.25) is 0 Å². The normalized spacial score (nSPS) is 15.3. The first-order chi connectivity index (χ1) is 14.5. The zero-order valence-electron chi connectivity index (χ0n) is 18.5. The van der Waals surface area contributed by atoms with E-state index in [0.29, 0.717) is 13.1 Å². The molecule has 1 aromatic rings. The minimum atomic E-state index is -4.13. The molecule has 10 heteroatoms. The van der Waals surface area contributed by atoms with Gasteiger partial charge in [-0.1, -0.05) is 27.7 Å². The number of hydrogen-bond donors (Lipinski definition) is 0. The lowest BCUT2D eigenvalue weighted by molar-refractivity contribution is -0.135. The number of carbonyl (C=O) groups excluding carboxylic acids is 2. The largest absolute Gasteiger partial charge is 0.452 e. The summed E-state index contributed by atoms with van der Waals surface area (Å²) in [6.07, 6.45) is 0. The fourth-order valence-electron chi connectivity index (χ4n) is 3.22. The van der Waals surface area contributed by atoms with Crippen LogP contribution < -0.4 is 0 Å². The number of morpholine rings is 1. The Kier molecular flexibility index (Phi) is 8.96. The molecule has 1 saturated heterocycles. The molecule has 0 unspecified atom stereocenters. The van der Waals surface area contributed by atoms with E-state index in [0.717, 1.165) is 22.5 Å². The topological polar surface area (TPSA) is 93.2 Å². The van der Waals surface area contributed by atoms with Crippen LogP contribution in [-0.4, -0.2) is 75.5 Å². The van der Waals surface area contributed by atoms with Gasteiger partial charge in [0.1, 0.15) is 10.7 Å². The second kappa shape index (κ2) is 11.0. The van der Waals surface area contributed by atoms with Crippen molar-refractivity contribution in [2.24, 2.45) is 11.8 Å². The molecule has 1 heterocycles. The Balaban J connectivity index is 2.12. The van der Waals surface area contributed by atoms with Crippen molar-refractivity contribution >= 4 is 21.9 Å². The van der Waals surface area contributed by atoms with E-state index in [2.05, 4.69) is 0 Å². The van der Waals surface area contributed by atoms with E-state index in [1.165, 1.54) is 0 Å². The SMILES string of the molecule is CC(C)CN(CC(C)C)C(=O)COC(=O)c1ccc(F)c(S(=O)(=O)N2CCOCC2)c1. The van der Waals surface area contributed by atoms with Crippen LogP contribution in [0.4, 0.5) is 4.39 Å². The number of nitrogens with zero attached hydrogens (tertiary/aromatic N) is 2. The average Bonchev–Trinajstić information content (AvgIpc) is 2.71. The molecule has 174 valence electrons. The van der Waals surface area contributed by atoms with E-state index < -0.39 is 33.3 Å². The Morgan fingerprint density at radius 1 is 1.13 bits per heavy atom. The smallest absolute Gasteiger partial charge is 0.338 e. The van der Waals surface area contributed by atoms with Crippen molar-refractivity contribution in [1.82, 2.24) is 9.21 Å². The fourth-order valence-corrected chi connectivity index (χ4v) is 4.71. The number of benzene rings is 1. The van der Waals surface area contributed by atoms with Crippen LogP contribution in [0.25, 0.3) is 0 Å². The molecule has 1 aromatic carbocycles. The lowest BCUT2D eigenvalue weighted by atomic mass is 10.1. The summed E-state index contributed by atoms with van der Waals surface area (Å²) in [6.45, 7) is 9.19. The Morgan fingerprint density at radius 2 is 1.71 bits per heavy atom. The van der Waals surface area contributed by atoms with E-state index >= 15 is 0 Å². The Labute approximate surface area is 183 Å². The lowest BCUT2D eigenvalue weighted by Crippen LogP contribution is -2.41. The summed E-state index contributed by atoms with van der Waals surface area (Å²) in [5.74, 6) is -1.68. The standard InChI is InChI=1S/C21H31FN2O6S/c1-15(2)12-23(13-16(3)4)20(25)14-30-21(26)17-5-6-18(22)19(11-17)31(27,28)24-7-9-29-10-8-24/h5-6,11,15-16H,7-10,12-14H2,1-4H3. The third-order valence-corrected chi connectivity index (χ3v) is 6.52. The highest BCUT2D eigenvalue weighted by atomic mass is 32.2. The molecule has 1 amide bonds. The molecule has 0 bridgehead atoms. The Bertz CT molecular complexity index is 872. The van der Waals surface area contributed by atoms with Crippen molar-refractivity contribution in [3.8, 4) is 0 Å². The summed E-state index contributed by atoms with van der Waals surface area (Å²) >= 11 is 0. The molecule has 0 aliphatic carbocycles. The fraction of sp³-hybridized carbons (Fsp3) is 0.619. The van der Waals surface area contributed by atoms with Crippen LogP contribution in [0.3, 0.4) is 0 Å². The Hall–Kier alpha value is -2.04. The van der Waals surface area contributed by atoms with Crippen LogP contribution >= 0.6 is 0 Å². The van der Waals surface area contributed by atoms with Crippen molar-refractivity contribution < 1.29 is 31.9 Å². The second-order valence-electron chi connectivity index (χ2n) is 8.32. The molecule has 1 aliphatic heterocycles. The predicted molar refractivity (Wildman–Crippen MR) is 113 cm³/mol. The third-order valence-electron chi connectivity index (χ3n) is 4.61. The van der Waals surface area contributed by atoms with Crippen LogP contribution in [0.5, 0.6) is 0 Å². The molecule has 0 radical (unpaired) electrons. The first-order valence-electron chi connectivity index (χ1n) is 10.3. The highest BCUT2D eigenvalue weighted by Gasteiger charge is 2.30. The van der Waals surface area contributed by atoms with Gasteiger partial charge in [0.2, 0.25) is 10.0 Å². The van der Waals surface area contributed by atoms with Gasteiger partial charge in [-0.2, -0.15) is 4.31 Å². The number of carbonyl (C=O) groups is 2. The minimum Gasteiger partial charge on any atom is -0.452 e. The molecule has 0 spiro atoms. The van der Waals surface area contributed by atoms with Gasteiger partial charge in [-0.15, -0.1) is 0 Å². The monoisotopic (exact) mass is 458 g/mol. The van der Waals surface area contributed by atoms with Gasteiger partial charge in [-0.3, -0.25) is 4.79 Å². The average molecular weight is 459 g/mol. The molecule has 0 saturated carbocycles. The van der Waals surface area contributed by atoms with Gasteiger partial charge in [0.05, 0.1) is 18.8 Å². The lowest BCUT2D eigenvalue weighted by Gasteiger charge is -2.26. The van der Waals surface area contributed by atoms with Gasteiger partial charge < -0.3 is 14.4 Å². The van der Waals surface area contributed by atoms with E-state index in [4.69, 9.17) is 9.47 Å². The maximum atomic E-state index is 14.3. The number of hydrogen-bond acceptors (Lipinski definition) is 6. The highest BCUT2D eigenvalue weighted by Crippen LogP contribution is 2.22. The molecule has 2 rings (SSSR count). The molecule has 31 heavy (non-hydrogen) atoms. The number of ether oxygens (including phenoxy) is 2. The Morgan fingerprint density at radius 3 is 2.26 bits per heavy atom. The zero-order valence-corrected chi connectivity index (χ0v) is 19.3. The van der Waals surface area contributed by atoms with E-state index in [-0.39, 0.29) is 49.6 Å². The molecule has 0 aromatic heterocycles. The number of esters is 1. The third kappa shape index (κ3) is 6.98. The van der Waals surface area contributed by atoms with Gasteiger partial charge in [0, 0.05) is 26.2 Å². The number of rotatable bonds is 9. The molecule has 0 N–H and O–H groups in total. The molecule has 0 atom stereocenters. The zero-order chi connectivity index (χ0) is 23.2. The molecule has 1 fully saturated rings. The first kappa shape index (κ1) is 25.2. The first-order valence-corrected chi connectivity index (χ1v) is 11.8. The van der Waals surface area contributed by atoms with Crippen LogP contribution in [0, 0.1) is 17.7 Å². The van der Waals surface area contributed by atoms with Gasteiger partial charge in [0.15, 0.2) is 6.61 Å². The summed E-state index contributed by atoms with van der Waals surface area (Å²) < 4.78 is 51.2. The van der Waals surface area contributed by atoms with Gasteiger partial charge in [0.25, 0.3) is 5.91 Å². The quantitative estimate of drug-likeness (QED) is 0.527.